The SMILES string of the molecule is COC1NC(=O)c2cc(C(C)(C)C)ccc21. The Kier molecular flexibility index (Phi) is 2.50. The molecule has 1 atom stereocenters. The van der Waals surface area contributed by atoms with Crippen LogP contribution in [-0.2, 0) is 10.2 Å². The zero-order valence-electron chi connectivity index (χ0n) is 10.1. The molecule has 3 nitrogen and oxygen atoms in total. The third-order valence-electron chi connectivity index (χ3n) is 2.94. The van der Waals surface area contributed by atoms with E-state index in [0.29, 0.717) is 0 Å². The van der Waals surface area contributed by atoms with Crippen LogP contribution in [0.15, 0.2) is 18.2 Å². The molecule has 0 bridgehead atoms. The van der Waals surface area contributed by atoms with Gasteiger partial charge in [0.2, 0.25) is 0 Å². The van der Waals surface area contributed by atoms with Gasteiger partial charge in [-0.25, -0.2) is 0 Å². The van der Waals surface area contributed by atoms with Crippen LogP contribution in [0.25, 0.3) is 0 Å². The van der Waals surface area contributed by atoms with E-state index in [4.69, 9.17) is 4.74 Å². The van der Waals surface area contributed by atoms with Gasteiger partial charge < -0.3 is 10.1 Å². The number of nitrogens with one attached hydrogen (secondary N) is 1. The Labute approximate surface area is 95.8 Å². The number of fused-ring (bicyclic) bond motifs is 1. The molecule has 16 heavy (non-hydrogen) atoms. The zero-order valence-corrected chi connectivity index (χ0v) is 10.1. The highest BCUT2D eigenvalue weighted by Gasteiger charge is 2.29. The van der Waals surface area contributed by atoms with Crippen molar-refractivity contribution in [1.82, 2.24) is 5.32 Å². The van der Waals surface area contributed by atoms with Crippen molar-refractivity contribution in [3.05, 3.63) is 34.9 Å². The lowest BCUT2D eigenvalue weighted by atomic mass is 9.85. The highest BCUT2D eigenvalue weighted by molar-refractivity contribution is 5.99. The third-order valence-corrected chi connectivity index (χ3v) is 2.94. The predicted octanol–water partition coefficient (Wildman–Crippen LogP) is 2.37. The summed E-state index contributed by atoms with van der Waals surface area (Å²) >= 11 is 0. The number of hydrogen-bond donors (Lipinski definition) is 1. The summed E-state index contributed by atoms with van der Waals surface area (Å²) in [6, 6.07) is 6.00. The number of methoxy groups -OCH3 is 1. The normalized spacial score (nSPS) is 19.5. The van der Waals surface area contributed by atoms with E-state index in [-0.39, 0.29) is 17.6 Å². The molecule has 1 heterocycles. The molecule has 0 saturated carbocycles. The summed E-state index contributed by atoms with van der Waals surface area (Å²) in [6.07, 6.45) is -0.295. The van der Waals surface area contributed by atoms with E-state index in [0.717, 1.165) is 16.7 Å². The summed E-state index contributed by atoms with van der Waals surface area (Å²) < 4.78 is 5.20. The molecular formula is C13H17NO2. The first-order valence-electron chi connectivity index (χ1n) is 5.41. The number of carbonyl (C=O) groups excluding carboxylic acids is 1. The van der Waals surface area contributed by atoms with Crippen molar-refractivity contribution in [2.24, 2.45) is 0 Å². The van der Waals surface area contributed by atoms with E-state index in [2.05, 4.69) is 32.2 Å². The Morgan fingerprint density at radius 3 is 2.56 bits per heavy atom. The van der Waals surface area contributed by atoms with E-state index in [9.17, 15) is 4.79 Å². The summed E-state index contributed by atoms with van der Waals surface area (Å²) in [7, 11) is 1.59. The highest BCUT2D eigenvalue weighted by atomic mass is 16.5. The molecule has 2 rings (SSSR count). The molecule has 1 amide bonds. The van der Waals surface area contributed by atoms with Crippen LogP contribution < -0.4 is 5.32 Å². The summed E-state index contributed by atoms with van der Waals surface area (Å²) in [4.78, 5) is 11.7. The Balaban J connectivity index is 2.48. The second-order valence-corrected chi connectivity index (χ2v) is 5.14. The minimum Gasteiger partial charge on any atom is -0.357 e. The van der Waals surface area contributed by atoms with Crippen LogP contribution in [0.2, 0.25) is 0 Å². The molecule has 0 radical (unpaired) electrons. The first kappa shape index (κ1) is 11.1. The fourth-order valence-electron chi connectivity index (χ4n) is 1.91. The lowest BCUT2D eigenvalue weighted by Gasteiger charge is -2.19. The Bertz CT molecular complexity index is 432. The molecular weight excluding hydrogens is 202 g/mol. The number of amides is 1. The van der Waals surface area contributed by atoms with Crippen molar-refractivity contribution in [2.75, 3.05) is 7.11 Å². The maximum atomic E-state index is 11.7. The van der Waals surface area contributed by atoms with Gasteiger partial charge in [-0.3, -0.25) is 4.79 Å². The monoisotopic (exact) mass is 219 g/mol. The van der Waals surface area contributed by atoms with Crippen molar-refractivity contribution >= 4 is 5.91 Å². The molecule has 0 spiro atoms. The van der Waals surface area contributed by atoms with E-state index >= 15 is 0 Å². The number of hydrogen-bond acceptors (Lipinski definition) is 2. The largest absolute Gasteiger partial charge is 0.357 e. The quantitative estimate of drug-likeness (QED) is 0.787. The first-order valence-corrected chi connectivity index (χ1v) is 5.41. The molecule has 1 aromatic rings. The van der Waals surface area contributed by atoms with Gasteiger partial charge in [-0.2, -0.15) is 0 Å². The fourth-order valence-corrected chi connectivity index (χ4v) is 1.91. The van der Waals surface area contributed by atoms with Crippen molar-refractivity contribution < 1.29 is 9.53 Å². The topological polar surface area (TPSA) is 38.3 Å². The summed E-state index contributed by atoms with van der Waals surface area (Å²) in [5.41, 5.74) is 2.89. The second-order valence-electron chi connectivity index (χ2n) is 5.14. The van der Waals surface area contributed by atoms with Crippen LogP contribution in [0, 0.1) is 0 Å². The minimum atomic E-state index is -0.295. The molecule has 0 saturated heterocycles. The first-order chi connectivity index (χ1) is 7.43. The molecule has 86 valence electrons. The van der Waals surface area contributed by atoms with Gasteiger partial charge in [-0.15, -0.1) is 0 Å². The lowest BCUT2D eigenvalue weighted by molar-refractivity contribution is 0.0666. The van der Waals surface area contributed by atoms with Gasteiger partial charge >= 0.3 is 0 Å². The number of carbonyl (C=O) groups is 1. The summed E-state index contributed by atoms with van der Waals surface area (Å²) in [5.74, 6) is -0.0482. The van der Waals surface area contributed by atoms with E-state index < -0.39 is 0 Å². The smallest absolute Gasteiger partial charge is 0.253 e. The molecule has 1 N–H and O–H groups in total. The van der Waals surface area contributed by atoms with Crippen molar-refractivity contribution in [3.63, 3.8) is 0 Å². The van der Waals surface area contributed by atoms with Crippen molar-refractivity contribution in [2.45, 2.75) is 32.4 Å². The maximum absolute atomic E-state index is 11.7. The van der Waals surface area contributed by atoms with Gasteiger partial charge in [0.25, 0.3) is 5.91 Å². The van der Waals surface area contributed by atoms with Crippen LogP contribution in [0.1, 0.15) is 48.5 Å². The van der Waals surface area contributed by atoms with Crippen molar-refractivity contribution in [1.29, 1.82) is 0 Å². The third kappa shape index (κ3) is 1.71. The molecule has 0 aromatic heterocycles. The van der Waals surface area contributed by atoms with Crippen LogP contribution in [-0.4, -0.2) is 13.0 Å². The second kappa shape index (κ2) is 3.59. The zero-order chi connectivity index (χ0) is 11.9. The van der Waals surface area contributed by atoms with Crippen LogP contribution in [0.5, 0.6) is 0 Å². The van der Waals surface area contributed by atoms with Crippen LogP contribution in [0.3, 0.4) is 0 Å². The minimum absolute atomic E-state index is 0.0482. The summed E-state index contributed by atoms with van der Waals surface area (Å²) in [6.45, 7) is 6.40. The predicted molar refractivity (Wildman–Crippen MR) is 62.4 cm³/mol. The number of rotatable bonds is 1. The van der Waals surface area contributed by atoms with E-state index in [1.807, 2.05) is 12.1 Å². The average molecular weight is 219 g/mol. The molecule has 0 fully saturated rings. The standard InChI is InChI=1S/C13H17NO2/c1-13(2,3)8-5-6-9-10(7-8)11(15)14-12(9)16-4/h5-7,12H,1-4H3,(H,14,15). The Morgan fingerprint density at radius 2 is 2.00 bits per heavy atom. The van der Waals surface area contributed by atoms with Gasteiger partial charge in [-0.1, -0.05) is 32.9 Å². The van der Waals surface area contributed by atoms with Gasteiger partial charge in [0.15, 0.2) is 6.23 Å². The van der Waals surface area contributed by atoms with Crippen molar-refractivity contribution in [3.8, 4) is 0 Å². The van der Waals surface area contributed by atoms with E-state index in [1.54, 1.807) is 7.11 Å². The number of ether oxygens (including phenoxy) is 1. The van der Waals surface area contributed by atoms with Gasteiger partial charge in [-0.05, 0) is 17.0 Å². The van der Waals surface area contributed by atoms with Crippen LogP contribution >= 0.6 is 0 Å². The lowest BCUT2D eigenvalue weighted by Crippen LogP contribution is -2.20. The summed E-state index contributed by atoms with van der Waals surface area (Å²) in [5, 5.41) is 2.79. The molecule has 1 aliphatic heterocycles. The van der Waals surface area contributed by atoms with Crippen LogP contribution in [0.4, 0.5) is 0 Å². The fraction of sp³-hybridized carbons (Fsp3) is 0.462. The molecule has 1 aliphatic rings. The average Bonchev–Trinajstić information content (AvgIpc) is 2.54. The molecule has 3 heteroatoms. The highest BCUT2D eigenvalue weighted by Crippen LogP contribution is 2.30. The molecule has 1 unspecified atom stereocenters. The maximum Gasteiger partial charge on any atom is 0.253 e. The Hall–Kier alpha value is -1.35. The van der Waals surface area contributed by atoms with Gasteiger partial charge in [0.1, 0.15) is 0 Å². The molecule has 1 aromatic carbocycles. The van der Waals surface area contributed by atoms with Gasteiger partial charge in [0, 0.05) is 18.2 Å². The van der Waals surface area contributed by atoms with E-state index in [1.165, 1.54) is 0 Å². The van der Waals surface area contributed by atoms with Gasteiger partial charge in [0.05, 0.1) is 0 Å². The number of benzene rings is 1. The molecule has 0 aliphatic carbocycles. The Morgan fingerprint density at radius 1 is 1.31 bits per heavy atom.